The number of aliphatic hydroxyl groups excluding tert-OH is 1. The van der Waals surface area contributed by atoms with Crippen molar-refractivity contribution in [3.05, 3.63) is 71.9 Å². The number of aromatic nitrogens is 1. The Morgan fingerprint density at radius 2 is 1.91 bits per heavy atom. The van der Waals surface area contributed by atoms with Gasteiger partial charge in [0, 0.05) is 18.3 Å². The molecule has 0 aliphatic rings. The number of hydrogen-bond donors (Lipinski definition) is 2. The highest BCUT2D eigenvalue weighted by atomic mass is 16.3. The van der Waals surface area contributed by atoms with E-state index in [1.165, 1.54) is 10.9 Å². The highest BCUT2D eigenvalue weighted by Gasteiger charge is 2.23. The summed E-state index contributed by atoms with van der Waals surface area (Å²) < 4.78 is 2.17. The molecule has 3 aromatic rings. The highest BCUT2D eigenvalue weighted by Crippen LogP contribution is 2.28. The molecular weight excluding hydrogens is 272 g/mol. The third-order valence-electron chi connectivity index (χ3n) is 4.09. The van der Waals surface area contributed by atoms with Gasteiger partial charge in [0.25, 0.3) is 0 Å². The summed E-state index contributed by atoms with van der Waals surface area (Å²) in [4.78, 5) is 0. The van der Waals surface area contributed by atoms with Gasteiger partial charge in [0.2, 0.25) is 0 Å². The maximum absolute atomic E-state index is 10.7. The minimum Gasteiger partial charge on any atom is -0.389 e. The molecule has 22 heavy (non-hydrogen) atoms. The maximum atomic E-state index is 10.7. The Morgan fingerprint density at radius 1 is 1.09 bits per heavy atom. The van der Waals surface area contributed by atoms with Crippen LogP contribution in [0.15, 0.2) is 60.8 Å². The first-order chi connectivity index (χ1) is 10.7. The zero-order chi connectivity index (χ0) is 15.5. The first-order valence-electron chi connectivity index (χ1n) is 7.65. The molecule has 0 fully saturated rings. The lowest BCUT2D eigenvalue weighted by atomic mass is 9.99. The number of aryl methyl sites for hydroxylation is 1. The summed E-state index contributed by atoms with van der Waals surface area (Å²) in [5.74, 6) is 0. The van der Waals surface area contributed by atoms with Gasteiger partial charge in [-0.1, -0.05) is 48.0 Å². The molecule has 0 aliphatic heterocycles. The Morgan fingerprint density at radius 3 is 2.68 bits per heavy atom. The zero-order valence-corrected chi connectivity index (χ0v) is 13.0. The highest BCUT2D eigenvalue weighted by molar-refractivity contribution is 5.80. The fourth-order valence-corrected chi connectivity index (χ4v) is 3.09. The second kappa shape index (κ2) is 6.34. The van der Waals surface area contributed by atoms with Gasteiger partial charge in [-0.15, -0.1) is 0 Å². The van der Waals surface area contributed by atoms with E-state index in [-0.39, 0.29) is 6.04 Å². The van der Waals surface area contributed by atoms with Crippen molar-refractivity contribution in [1.82, 2.24) is 9.88 Å². The number of nitrogens with zero attached hydrogens (tertiary/aromatic N) is 1. The van der Waals surface area contributed by atoms with Crippen LogP contribution in [0.5, 0.6) is 0 Å². The number of rotatable bonds is 5. The molecule has 0 spiro atoms. The third kappa shape index (κ3) is 2.78. The van der Waals surface area contributed by atoms with Crippen molar-refractivity contribution in [3.8, 4) is 0 Å². The summed E-state index contributed by atoms with van der Waals surface area (Å²) in [6.45, 7) is 2.63. The number of benzene rings is 2. The van der Waals surface area contributed by atoms with E-state index in [2.05, 4.69) is 65.5 Å². The Hall–Kier alpha value is -2.10. The Labute approximate surface area is 131 Å². The Balaban J connectivity index is 2.13. The lowest BCUT2D eigenvalue weighted by Gasteiger charge is -2.26. The quantitative estimate of drug-likeness (QED) is 0.758. The van der Waals surface area contributed by atoms with Gasteiger partial charge in [0.15, 0.2) is 0 Å². The summed E-state index contributed by atoms with van der Waals surface area (Å²) in [5.41, 5.74) is 3.48. The van der Waals surface area contributed by atoms with Crippen LogP contribution in [0.1, 0.15) is 17.2 Å². The van der Waals surface area contributed by atoms with Gasteiger partial charge >= 0.3 is 0 Å². The van der Waals surface area contributed by atoms with E-state index in [4.69, 9.17) is 0 Å². The van der Waals surface area contributed by atoms with Gasteiger partial charge in [-0.3, -0.25) is 0 Å². The molecule has 0 amide bonds. The molecule has 1 heterocycles. The van der Waals surface area contributed by atoms with E-state index in [1.54, 1.807) is 0 Å². The topological polar surface area (TPSA) is 37.2 Å². The molecule has 0 saturated carbocycles. The second-order valence-corrected chi connectivity index (χ2v) is 5.77. The molecule has 0 radical (unpaired) electrons. The van der Waals surface area contributed by atoms with Crippen molar-refractivity contribution in [2.75, 3.05) is 13.6 Å². The standard InChI is InChI=1S/C19H22N2O/c1-14-6-5-8-16(12-14)19(18(22)13-20-2)21-11-10-15-7-3-4-9-17(15)21/h3-12,18-20,22H,13H2,1-2H3/t18-,19+/m1/s1. The van der Waals surface area contributed by atoms with E-state index < -0.39 is 6.10 Å². The summed E-state index contributed by atoms with van der Waals surface area (Å²) in [7, 11) is 1.87. The van der Waals surface area contributed by atoms with Crippen LogP contribution in [0.25, 0.3) is 10.9 Å². The monoisotopic (exact) mass is 294 g/mol. The lowest BCUT2D eigenvalue weighted by molar-refractivity contribution is 0.132. The number of aliphatic hydroxyl groups is 1. The Kier molecular flexibility index (Phi) is 4.27. The number of nitrogens with one attached hydrogen (secondary N) is 1. The van der Waals surface area contributed by atoms with Crippen molar-refractivity contribution in [2.45, 2.75) is 19.1 Å². The predicted octanol–water partition coefficient (Wildman–Crippen LogP) is 3.12. The van der Waals surface area contributed by atoms with Crippen LogP contribution in [-0.2, 0) is 0 Å². The van der Waals surface area contributed by atoms with E-state index in [9.17, 15) is 5.11 Å². The van der Waals surface area contributed by atoms with Crippen LogP contribution < -0.4 is 5.32 Å². The van der Waals surface area contributed by atoms with Crippen LogP contribution in [0.2, 0.25) is 0 Å². The van der Waals surface area contributed by atoms with Crippen LogP contribution in [0.3, 0.4) is 0 Å². The third-order valence-corrected chi connectivity index (χ3v) is 4.09. The minimum atomic E-state index is -0.498. The van der Waals surface area contributed by atoms with Crippen molar-refractivity contribution in [2.24, 2.45) is 0 Å². The molecule has 2 aromatic carbocycles. The Bertz CT molecular complexity index is 763. The van der Waals surface area contributed by atoms with Gasteiger partial charge in [-0.2, -0.15) is 0 Å². The number of fused-ring (bicyclic) bond motifs is 1. The van der Waals surface area contributed by atoms with Crippen LogP contribution in [0.4, 0.5) is 0 Å². The average molecular weight is 294 g/mol. The largest absolute Gasteiger partial charge is 0.389 e. The smallest absolute Gasteiger partial charge is 0.0912 e. The molecule has 1 aromatic heterocycles. The molecule has 3 nitrogen and oxygen atoms in total. The zero-order valence-electron chi connectivity index (χ0n) is 13.0. The van der Waals surface area contributed by atoms with E-state index in [0.29, 0.717) is 6.54 Å². The molecule has 2 N–H and O–H groups in total. The SMILES string of the molecule is CNC[C@@H](O)[C@H](c1cccc(C)c1)n1ccc2ccccc21. The molecule has 0 bridgehead atoms. The molecule has 0 saturated heterocycles. The van der Waals surface area contributed by atoms with Crippen LogP contribution in [-0.4, -0.2) is 29.4 Å². The molecule has 114 valence electrons. The van der Waals surface area contributed by atoms with E-state index in [0.717, 1.165) is 11.1 Å². The number of likely N-dealkylation sites (N-methyl/N-ethyl adjacent to an activating group) is 1. The summed E-state index contributed by atoms with van der Waals surface area (Å²) >= 11 is 0. The predicted molar refractivity (Wildman–Crippen MR) is 91.2 cm³/mol. The van der Waals surface area contributed by atoms with Crippen LogP contribution >= 0.6 is 0 Å². The van der Waals surface area contributed by atoms with Crippen molar-refractivity contribution in [3.63, 3.8) is 0 Å². The van der Waals surface area contributed by atoms with E-state index >= 15 is 0 Å². The first-order valence-corrected chi connectivity index (χ1v) is 7.65. The van der Waals surface area contributed by atoms with Crippen molar-refractivity contribution < 1.29 is 5.11 Å². The molecular formula is C19H22N2O. The van der Waals surface area contributed by atoms with Crippen LogP contribution in [0, 0.1) is 6.92 Å². The van der Waals surface area contributed by atoms with Gasteiger partial charge < -0.3 is 15.0 Å². The molecule has 3 heteroatoms. The lowest BCUT2D eigenvalue weighted by Crippen LogP contribution is -2.33. The van der Waals surface area contributed by atoms with Gasteiger partial charge in [0.1, 0.15) is 0 Å². The number of para-hydroxylation sites is 1. The van der Waals surface area contributed by atoms with Gasteiger partial charge in [-0.25, -0.2) is 0 Å². The fourth-order valence-electron chi connectivity index (χ4n) is 3.09. The summed E-state index contributed by atoms with van der Waals surface area (Å²) in [6, 6.07) is 18.7. The van der Waals surface area contributed by atoms with Gasteiger partial charge in [-0.05, 0) is 37.1 Å². The number of hydrogen-bond acceptors (Lipinski definition) is 2. The molecule has 2 atom stereocenters. The fraction of sp³-hybridized carbons (Fsp3) is 0.263. The summed E-state index contributed by atoms with van der Waals surface area (Å²) in [5, 5.41) is 15.0. The van der Waals surface area contributed by atoms with Crippen molar-refractivity contribution >= 4 is 10.9 Å². The molecule has 0 unspecified atom stereocenters. The second-order valence-electron chi connectivity index (χ2n) is 5.77. The van der Waals surface area contributed by atoms with Crippen molar-refractivity contribution in [1.29, 1.82) is 0 Å². The average Bonchev–Trinajstić information content (AvgIpc) is 2.92. The normalized spacial score (nSPS) is 14.1. The summed E-state index contributed by atoms with van der Waals surface area (Å²) in [6.07, 6.45) is 1.57. The first kappa shape index (κ1) is 14.8. The van der Waals surface area contributed by atoms with Gasteiger partial charge in [0.05, 0.1) is 12.1 Å². The molecule has 0 aliphatic carbocycles. The van der Waals surface area contributed by atoms with E-state index in [1.807, 2.05) is 19.2 Å². The minimum absolute atomic E-state index is 0.104. The molecule has 3 rings (SSSR count). The maximum Gasteiger partial charge on any atom is 0.0912 e.